The fourth-order valence-electron chi connectivity index (χ4n) is 4.35. The fraction of sp³-hybridized carbons (Fsp3) is 0.536. The Morgan fingerprint density at radius 1 is 1.09 bits per heavy atom. The van der Waals surface area contributed by atoms with E-state index in [1.54, 1.807) is 20.0 Å². The molecule has 2 rings (SSSR count). The van der Waals surface area contributed by atoms with Crippen LogP contribution in [0.25, 0.3) is 0 Å². The average Bonchev–Trinajstić information content (AvgIpc) is 2.82. The lowest BCUT2D eigenvalue weighted by atomic mass is 9.87. The van der Waals surface area contributed by atoms with Crippen molar-refractivity contribution >= 4 is 17.8 Å². The molecule has 0 unspecified atom stereocenters. The minimum Gasteiger partial charge on any atom is -0.461 e. The molecule has 0 aliphatic carbocycles. The first-order valence-electron chi connectivity index (χ1n) is 12.1. The van der Waals surface area contributed by atoms with Crippen LogP contribution in [0, 0.1) is 17.8 Å². The summed E-state index contributed by atoms with van der Waals surface area (Å²) in [6, 6.07) is 8.60. The zero-order chi connectivity index (χ0) is 26.3. The third kappa shape index (κ3) is 7.79. The van der Waals surface area contributed by atoms with Crippen LogP contribution in [0.5, 0.6) is 0 Å². The van der Waals surface area contributed by atoms with E-state index in [2.05, 4.69) is 0 Å². The quantitative estimate of drug-likeness (QED) is 0.518. The first kappa shape index (κ1) is 28.3. The number of amides is 1. The van der Waals surface area contributed by atoms with Gasteiger partial charge in [0.05, 0.1) is 6.10 Å². The summed E-state index contributed by atoms with van der Waals surface area (Å²) in [4.78, 5) is 39.5. The second-order valence-electron chi connectivity index (χ2n) is 9.66. The summed E-state index contributed by atoms with van der Waals surface area (Å²) < 4.78 is 11.3. The van der Waals surface area contributed by atoms with Gasteiger partial charge in [0, 0.05) is 38.1 Å². The highest BCUT2D eigenvalue weighted by atomic mass is 16.5. The van der Waals surface area contributed by atoms with Gasteiger partial charge in [-0.15, -0.1) is 0 Å². The van der Waals surface area contributed by atoms with Crippen molar-refractivity contribution < 1.29 is 29.0 Å². The normalized spacial score (nSPS) is 33.5. The lowest BCUT2D eigenvalue weighted by Gasteiger charge is -2.31. The van der Waals surface area contributed by atoms with E-state index in [1.165, 1.54) is 17.9 Å². The number of carbonyl (C=O) groups is 3. The van der Waals surface area contributed by atoms with E-state index >= 15 is 0 Å². The van der Waals surface area contributed by atoms with E-state index in [9.17, 15) is 19.5 Å². The summed E-state index contributed by atoms with van der Waals surface area (Å²) in [7, 11) is 1.57. The molecule has 7 atom stereocenters. The van der Waals surface area contributed by atoms with Gasteiger partial charge in [-0.3, -0.25) is 9.59 Å². The standard InChI is InChI=1S/C28H39NO6/c1-17-13-14-25(31)29(7)24(16-23-11-9-8-10-12-23)28(33)34-21(5)20(4)26(32)18(2)15-19(3)27(17)35-22(6)30/h8-15,17-18,20-21,24,26-27,32H,16H2,1-7H3/b14-13+,19-15-/t17-,18-,20-,21-,24-,26+,27-/m0/s1. The van der Waals surface area contributed by atoms with Crippen molar-refractivity contribution in [2.75, 3.05) is 7.05 Å². The summed E-state index contributed by atoms with van der Waals surface area (Å²) in [5.74, 6) is -2.27. The lowest BCUT2D eigenvalue weighted by Crippen LogP contribution is -2.46. The number of aliphatic hydroxyl groups is 1. The molecule has 0 saturated heterocycles. The Morgan fingerprint density at radius 2 is 1.71 bits per heavy atom. The Morgan fingerprint density at radius 3 is 2.31 bits per heavy atom. The second kappa shape index (κ2) is 12.7. The van der Waals surface area contributed by atoms with Crippen LogP contribution < -0.4 is 0 Å². The Hall–Kier alpha value is -2.93. The first-order chi connectivity index (χ1) is 16.4. The summed E-state index contributed by atoms with van der Waals surface area (Å²) in [5, 5.41) is 11.0. The zero-order valence-electron chi connectivity index (χ0n) is 21.8. The minimum absolute atomic E-state index is 0.282. The number of ether oxygens (including phenoxy) is 2. The molecule has 1 aliphatic rings. The predicted octanol–water partition coefficient (Wildman–Crippen LogP) is 3.70. The van der Waals surface area contributed by atoms with Gasteiger partial charge in [-0.05, 0) is 31.1 Å². The fourth-order valence-corrected chi connectivity index (χ4v) is 4.35. The van der Waals surface area contributed by atoms with E-state index in [0.29, 0.717) is 6.42 Å². The number of rotatable bonds is 3. The third-order valence-corrected chi connectivity index (χ3v) is 6.77. The summed E-state index contributed by atoms with van der Waals surface area (Å²) in [5.41, 5.74) is 1.67. The van der Waals surface area contributed by atoms with Crippen LogP contribution in [0.15, 0.2) is 54.1 Å². The van der Waals surface area contributed by atoms with Gasteiger partial charge in [0.1, 0.15) is 18.2 Å². The van der Waals surface area contributed by atoms with E-state index in [-0.39, 0.29) is 23.7 Å². The van der Waals surface area contributed by atoms with Gasteiger partial charge >= 0.3 is 11.9 Å². The van der Waals surface area contributed by atoms with Gasteiger partial charge in [0.2, 0.25) is 5.91 Å². The first-order valence-corrected chi connectivity index (χ1v) is 12.1. The maximum absolute atomic E-state index is 13.3. The Balaban J connectivity index is 2.49. The number of hydrogen-bond donors (Lipinski definition) is 1. The molecule has 1 aromatic rings. The van der Waals surface area contributed by atoms with E-state index in [0.717, 1.165) is 11.1 Å². The highest BCUT2D eigenvalue weighted by molar-refractivity contribution is 5.91. The van der Waals surface area contributed by atoms with Crippen LogP contribution in [-0.4, -0.2) is 59.3 Å². The van der Waals surface area contributed by atoms with Crippen LogP contribution in [0.3, 0.4) is 0 Å². The van der Waals surface area contributed by atoms with Crippen molar-refractivity contribution in [3.63, 3.8) is 0 Å². The van der Waals surface area contributed by atoms with Crippen LogP contribution in [0.1, 0.15) is 47.1 Å². The SMILES string of the molecule is CC(=O)O[C@@H]1/C(C)=C\[C@H](C)[C@@H](O)[C@@H](C)[C@H](C)OC(=O)[C@H](Cc2ccccc2)N(C)C(=O)/C=C/[C@@H]1C. The molecule has 1 heterocycles. The number of aliphatic hydroxyl groups excluding tert-OH is 1. The molecule has 35 heavy (non-hydrogen) atoms. The largest absolute Gasteiger partial charge is 0.461 e. The summed E-state index contributed by atoms with van der Waals surface area (Å²) in [6.45, 7) is 10.5. The molecule has 1 aromatic carbocycles. The highest BCUT2D eigenvalue weighted by Crippen LogP contribution is 2.26. The maximum atomic E-state index is 13.3. The average molecular weight is 486 g/mol. The van der Waals surface area contributed by atoms with Crippen LogP contribution in [-0.2, 0) is 30.3 Å². The van der Waals surface area contributed by atoms with Crippen LogP contribution in [0.4, 0.5) is 0 Å². The van der Waals surface area contributed by atoms with Crippen molar-refractivity contribution in [3.05, 3.63) is 59.7 Å². The zero-order valence-corrected chi connectivity index (χ0v) is 21.8. The van der Waals surface area contributed by atoms with Crippen molar-refractivity contribution in [3.8, 4) is 0 Å². The third-order valence-electron chi connectivity index (χ3n) is 6.77. The molecule has 1 N–H and O–H groups in total. The highest BCUT2D eigenvalue weighted by Gasteiger charge is 2.33. The molecule has 1 aliphatic heterocycles. The van der Waals surface area contributed by atoms with Gasteiger partial charge < -0.3 is 19.5 Å². The molecule has 0 aromatic heterocycles. The number of hydrogen-bond acceptors (Lipinski definition) is 6. The van der Waals surface area contributed by atoms with Crippen molar-refractivity contribution in [2.45, 2.75) is 72.3 Å². The van der Waals surface area contributed by atoms with E-state index in [4.69, 9.17) is 9.47 Å². The topological polar surface area (TPSA) is 93.1 Å². The van der Waals surface area contributed by atoms with E-state index in [1.807, 2.05) is 64.1 Å². The molecule has 7 heteroatoms. The van der Waals surface area contributed by atoms with Gasteiger partial charge in [-0.2, -0.15) is 0 Å². The van der Waals surface area contributed by atoms with Crippen molar-refractivity contribution in [1.29, 1.82) is 0 Å². The molecule has 192 valence electrons. The monoisotopic (exact) mass is 485 g/mol. The van der Waals surface area contributed by atoms with Crippen LogP contribution in [0.2, 0.25) is 0 Å². The molecule has 0 radical (unpaired) electrons. The van der Waals surface area contributed by atoms with E-state index < -0.39 is 36.3 Å². The number of likely N-dealkylation sites (N-methyl/N-ethyl adjacent to an activating group) is 1. The van der Waals surface area contributed by atoms with Gasteiger partial charge in [-0.25, -0.2) is 4.79 Å². The Kier molecular flexibility index (Phi) is 10.3. The molecule has 7 nitrogen and oxygen atoms in total. The maximum Gasteiger partial charge on any atom is 0.329 e. The Labute approximate surface area is 208 Å². The van der Waals surface area contributed by atoms with Gasteiger partial charge in [-0.1, -0.05) is 63.3 Å². The molecule has 0 bridgehead atoms. The van der Waals surface area contributed by atoms with Crippen molar-refractivity contribution in [1.82, 2.24) is 4.90 Å². The minimum atomic E-state index is -0.844. The summed E-state index contributed by atoms with van der Waals surface area (Å²) in [6.07, 6.45) is 3.28. The molecular formula is C28H39NO6. The molecule has 0 saturated carbocycles. The van der Waals surface area contributed by atoms with Gasteiger partial charge in [0.25, 0.3) is 0 Å². The summed E-state index contributed by atoms with van der Waals surface area (Å²) >= 11 is 0. The van der Waals surface area contributed by atoms with Crippen LogP contribution >= 0.6 is 0 Å². The smallest absolute Gasteiger partial charge is 0.329 e. The molecule has 0 spiro atoms. The lowest BCUT2D eigenvalue weighted by molar-refractivity contribution is -0.161. The predicted molar refractivity (Wildman–Crippen MR) is 134 cm³/mol. The number of benzene rings is 1. The number of esters is 2. The second-order valence-corrected chi connectivity index (χ2v) is 9.66. The Bertz CT molecular complexity index is 940. The number of carbonyl (C=O) groups excluding carboxylic acids is 3. The molecule has 1 amide bonds. The molecular weight excluding hydrogens is 446 g/mol. The number of cyclic esters (lactones) is 1. The van der Waals surface area contributed by atoms with Crippen molar-refractivity contribution in [2.24, 2.45) is 17.8 Å². The number of nitrogens with zero attached hydrogens (tertiary/aromatic N) is 1. The molecule has 0 fully saturated rings. The van der Waals surface area contributed by atoms with Gasteiger partial charge in [0.15, 0.2) is 0 Å².